The molecule has 108 valence electrons. The van der Waals surface area contributed by atoms with Crippen molar-refractivity contribution in [2.45, 2.75) is 4.90 Å². The number of fused-ring (bicyclic) bond motifs is 1. The highest BCUT2D eigenvalue weighted by molar-refractivity contribution is 7.90. The maximum absolute atomic E-state index is 11.6. The number of imidazole rings is 1. The fraction of sp³-hybridized carbons (Fsp3) is 0.143. The number of aromatic amines is 1. The van der Waals surface area contributed by atoms with Crippen molar-refractivity contribution >= 4 is 20.9 Å². The van der Waals surface area contributed by atoms with E-state index in [1.54, 1.807) is 43.8 Å². The number of benzene rings is 1. The molecule has 0 unspecified atom stereocenters. The maximum Gasteiger partial charge on any atom is 0.175 e. The number of sulfone groups is 1. The average molecular weight is 303 g/mol. The van der Waals surface area contributed by atoms with E-state index in [2.05, 4.69) is 15.0 Å². The van der Waals surface area contributed by atoms with E-state index in [4.69, 9.17) is 4.74 Å². The van der Waals surface area contributed by atoms with E-state index in [0.717, 1.165) is 5.56 Å². The summed E-state index contributed by atoms with van der Waals surface area (Å²) in [7, 11) is -1.68. The fourth-order valence-electron chi connectivity index (χ4n) is 2.09. The lowest BCUT2D eigenvalue weighted by Crippen LogP contribution is -1.96. The number of ether oxygens (including phenoxy) is 1. The Balaban J connectivity index is 2.18. The van der Waals surface area contributed by atoms with Crippen LogP contribution in [0.15, 0.2) is 41.6 Å². The zero-order valence-electron chi connectivity index (χ0n) is 11.5. The van der Waals surface area contributed by atoms with Crippen molar-refractivity contribution in [3.63, 3.8) is 0 Å². The van der Waals surface area contributed by atoms with E-state index in [1.807, 2.05) is 0 Å². The first kappa shape index (κ1) is 13.6. The van der Waals surface area contributed by atoms with Crippen LogP contribution in [0.4, 0.5) is 0 Å². The van der Waals surface area contributed by atoms with E-state index in [0.29, 0.717) is 22.6 Å². The van der Waals surface area contributed by atoms with Crippen LogP contribution in [0.3, 0.4) is 0 Å². The Morgan fingerprint density at radius 3 is 2.76 bits per heavy atom. The zero-order valence-corrected chi connectivity index (χ0v) is 12.3. The summed E-state index contributed by atoms with van der Waals surface area (Å²) in [6, 6.07) is 6.59. The van der Waals surface area contributed by atoms with Crippen LogP contribution in [0, 0.1) is 0 Å². The molecule has 0 radical (unpaired) electrons. The van der Waals surface area contributed by atoms with Crippen molar-refractivity contribution in [1.29, 1.82) is 0 Å². The number of methoxy groups -OCH3 is 1. The zero-order chi connectivity index (χ0) is 15.0. The lowest BCUT2D eigenvalue weighted by Gasteiger charge is -2.03. The first-order valence-electron chi connectivity index (χ1n) is 6.17. The largest absolute Gasteiger partial charge is 0.494 e. The summed E-state index contributed by atoms with van der Waals surface area (Å²) in [4.78, 5) is 11.8. The molecule has 7 heteroatoms. The summed E-state index contributed by atoms with van der Waals surface area (Å²) in [5, 5.41) is 0. The molecule has 1 aromatic carbocycles. The number of nitrogens with one attached hydrogen (secondary N) is 1. The third-order valence-electron chi connectivity index (χ3n) is 3.14. The summed E-state index contributed by atoms with van der Waals surface area (Å²) in [5.41, 5.74) is 2.12. The molecule has 0 aliphatic carbocycles. The third kappa shape index (κ3) is 2.47. The Morgan fingerprint density at radius 2 is 2.05 bits per heavy atom. The number of rotatable bonds is 3. The summed E-state index contributed by atoms with van der Waals surface area (Å²) in [5.74, 6) is 1.20. The number of hydrogen-bond donors (Lipinski definition) is 1. The first-order valence-corrected chi connectivity index (χ1v) is 8.06. The van der Waals surface area contributed by atoms with E-state index in [9.17, 15) is 8.42 Å². The van der Waals surface area contributed by atoms with Gasteiger partial charge in [-0.05, 0) is 24.3 Å². The van der Waals surface area contributed by atoms with Crippen LogP contribution in [0.25, 0.3) is 22.4 Å². The molecule has 0 fully saturated rings. The molecular formula is C14H13N3O3S. The quantitative estimate of drug-likeness (QED) is 0.800. The molecule has 2 aromatic heterocycles. The lowest BCUT2D eigenvalue weighted by molar-refractivity contribution is 0.414. The Labute approximate surface area is 121 Å². The van der Waals surface area contributed by atoms with Crippen molar-refractivity contribution in [1.82, 2.24) is 15.0 Å². The molecule has 1 N–H and O–H groups in total. The topological polar surface area (TPSA) is 84.9 Å². The van der Waals surface area contributed by atoms with Gasteiger partial charge in [0.25, 0.3) is 0 Å². The molecule has 0 aliphatic rings. The van der Waals surface area contributed by atoms with Crippen LogP contribution in [0.1, 0.15) is 0 Å². The van der Waals surface area contributed by atoms with Crippen LogP contribution < -0.4 is 4.74 Å². The fourth-order valence-corrected chi connectivity index (χ4v) is 2.73. The molecule has 6 nitrogen and oxygen atoms in total. The summed E-state index contributed by atoms with van der Waals surface area (Å²) >= 11 is 0. The predicted molar refractivity (Wildman–Crippen MR) is 79.0 cm³/mol. The molecule has 0 atom stereocenters. The Bertz CT molecular complexity index is 916. The van der Waals surface area contributed by atoms with Gasteiger partial charge >= 0.3 is 0 Å². The summed E-state index contributed by atoms with van der Waals surface area (Å²) < 4.78 is 28.4. The van der Waals surface area contributed by atoms with Gasteiger partial charge in [-0.3, -0.25) is 4.98 Å². The van der Waals surface area contributed by atoms with Crippen LogP contribution in [0.5, 0.6) is 5.75 Å². The smallest absolute Gasteiger partial charge is 0.175 e. The van der Waals surface area contributed by atoms with Crippen LogP contribution in [0.2, 0.25) is 0 Å². The number of pyridine rings is 1. The highest BCUT2D eigenvalue weighted by Crippen LogP contribution is 2.28. The van der Waals surface area contributed by atoms with Crippen LogP contribution in [-0.4, -0.2) is 36.7 Å². The molecule has 0 saturated carbocycles. The molecule has 0 spiro atoms. The molecule has 0 saturated heterocycles. The van der Waals surface area contributed by atoms with Crippen LogP contribution in [-0.2, 0) is 9.84 Å². The second kappa shape index (κ2) is 4.85. The van der Waals surface area contributed by atoms with Crippen molar-refractivity contribution in [3.05, 3.63) is 36.7 Å². The molecule has 2 heterocycles. The minimum Gasteiger partial charge on any atom is -0.494 e. The molecular weight excluding hydrogens is 290 g/mol. The van der Waals surface area contributed by atoms with E-state index < -0.39 is 9.84 Å². The number of hydrogen-bond acceptors (Lipinski definition) is 5. The van der Waals surface area contributed by atoms with Crippen molar-refractivity contribution in [2.24, 2.45) is 0 Å². The minimum atomic E-state index is -3.24. The SMILES string of the molecule is COc1cnccc1-c1nc2ccc(S(C)(=O)=O)cc2[nH]1. The minimum absolute atomic E-state index is 0.256. The first-order chi connectivity index (χ1) is 9.99. The highest BCUT2D eigenvalue weighted by atomic mass is 32.2. The summed E-state index contributed by atoms with van der Waals surface area (Å²) in [6.07, 6.45) is 4.43. The molecule has 3 rings (SSSR count). The lowest BCUT2D eigenvalue weighted by atomic mass is 10.2. The van der Waals surface area contributed by atoms with Gasteiger partial charge in [0.15, 0.2) is 9.84 Å². The third-order valence-corrected chi connectivity index (χ3v) is 4.25. The van der Waals surface area contributed by atoms with Crippen molar-refractivity contribution in [2.75, 3.05) is 13.4 Å². The number of nitrogens with zero attached hydrogens (tertiary/aromatic N) is 2. The Morgan fingerprint density at radius 1 is 1.24 bits per heavy atom. The number of H-pyrrole nitrogens is 1. The van der Waals surface area contributed by atoms with E-state index in [-0.39, 0.29) is 4.90 Å². The second-order valence-corrected chi connectivity index (χ2v) is 6.63. The van der Waals surface area contributed by atoms with Gasteiger partial charge in [-0.25, -0.2) is 13.4 Å². The second-order valence-electron chi connectivity index (χ2n) is 4.61. The monoisotopic (exact) mass is 303 g/mol. The molecule has 0 bridgehead atoms. The van der Waals surface area contributed by atoms with Gasteiger partial charge in [0.1, 0.15) is 11.6 Å². The molecule has 0 aliphatic heterocycles. The van der Waals surface area contributed by atoms with Crippen LogP contribution >= 0.6 is 0 Å². The van der Waals surface area contributed by atoms with Crippen molar-refractivity contribution in [3.8, 4) is 17.1 Å². The molecule has 0 amide bonds. The number of aromatic nitrogens is 3. The van der Waals surface area contributed by atoms with Gasteiger partial charge < -0.3 is 9.72 Å². The van der Waals surface area contributed by atoms with Gasteiger partial charge in [0.05, 0.1) is 34.8 Å². The Hall–Kier alpha value is -2.41. The molecule has 3 aromatic rings. The van der Waals surface area contributed by atoms with Gasteiger partial charge in [-0.2, -0.15) is 0 Å². The van der Waals surface area contributed by atoms with Crippen molar-refractivity contribution < 1.29 is 13.2 Å². The predicted octanol–water partition coefficient (Wildman–Crippen LogP) is 2.04. The summed E-state index contributed by atoms with van der Waals surface area (Å²) in [6.45, 7) is 0. The Kier molecular flexibility index (Phi) is 3.13. The normalized spacial score (nSPS) is 11.7. The molecule has 21 heavy (non-hydrogen) atoms. The highest BCUT2D eigenvalue weighted by Gasteiger charge is 2.13. The van der Waals surface area contributed by atoms with E-state index >= 15 is 0 Å². The average Bonchev–Trinajstić information content (AvgIpc) is 2.89. The van der Waals surface area contributed by atoms with Gasteiger partial charge in [0, 0.05) is 12.5 Å². The standard InChI is InChI=1S/C14H13N3O3S/c1-20-13-8-15-6-5-10(13)14-16-11-4-3-9(21(2,18)19)7-12(11)17-14/h3-8H,1-2H3,(H,16,17). The maximum atomic E-state index is 11.6. The van der Waals surface area contributed by atoms with E-state index in [1.165, 1.54) is 6.26 Å². The van der Waals surface area contributed by atoms with Gasteiger partial charge in [0.2, 0.25) is 0 Å². The van der Waals surface area contributed by atoms with Gasteiger partial charge in [-0.15, -0.1) is 0 Å². The van der Waals surface area contributed by atoms with Gasteiger partial charge in [-0.1, -0.05) is 0 Å².